The first-order chi connectivity index (χ1) is 10.1. The molecule has 2 aliphatic rings. The number of amides is 1. The van der Waals surface area contributed by atoms with Crippen LogP contribution in [-0.4, -0.2) is 25.2 Å². The standard InChI is InChI=1S/C16H23N3O2/c1-10(11-4-6-21-7-5-11)18-15-8-12-2-3-16(20)19-14(12)9-13(15)17/h8-11,18H,2-7,17H2,1H3,(H,19,20). The number of ether oxygens (including phenoxy) is 1. The Labute approximate surface area is 125 Å². The molecule has 1 aromatic rings. The zero-order valence-electron chi connectivity index (χ0n) is 12.4. The highest BCUT2D eigenvalue weighted by molar-refractivity contribution is 5.95. The fraction of sp³-hybridized carbons (Fsp3) is 0.562. The van der Waals surface area contributed by atoms with Gasteiger partial charge in [-0.15, -0.1) is 0 Å². The summed E-state index contributed by atoms with van der Waals surface area (Å²) in [6.07, 6.45) is 3.51. The summed E-state index contributed by atoms with van der Waals surface area (Å²) in [5, 5.41) is 6.43. The van der Waals surface area contributed by atoms with Crippen LogP contribution in [0.4, 0.5) is 17.1 Å². The van der Waals surface area contributed by atoms with E-state index in [1.54, 1.807) is 0 Å². The summed E-state index contributed by atoms with van der Waals surface area (Å²) in [4.78, 5) is 11.4. The number of aryl methyl sites for hydroxylation is 1. The minimum absolute atomic E-state index is 0.0678. The molecule has 0 spiro atoms. The van der Waals surface area contributed by atoms with Gasteiger partial charge in [0.15, 0.2) is 0 Å². The average Bonchev–Trinajstić information content (AvgIpc) is 2.49. The maximum Gasteiger partial charge on any atom is 0.224 e. The van der Waals surface area contributed by atoms with Crippen molar-refractivity contribution in [3.05, 3.63) is 17.7 Å². The highest BCUT2D eigenvalue weighted by atomic mass is 16.5. The summed E-state index contributed by atoms with van der Waals surface area (Å²) in [6.45, 7) is 3.90. The second-order valence-electron chi connectivity index (χ2n) is 6.03. The molecule has 1 unspecified atom stereocenters. The van der Waals surface area contributed by atoms with Gasteiger partial charge in [0, 0.05) is 31.4 Å². The Hall–Kier alpha value is -1.75. The lowest BCUT2D eigenvalue weighted by molar-refractivity contribution is -0.116. The monoisotopic (exact) mass is 289 g/mol. The number of benzene rings is 1. The van der Waals surface area contributed by atoms with Crippen LogP contribution in [-0.2, 0) is 16.0 Å². The highest BCUT2D eigenvalue weighted by Crippen LogP contribution is 2.32. The Kier molecular flexibility index (Phi) is 4.01. The number of anilines is 3. The summed E-state index contributed by atoms with van der Waals surface area (Å²) >= 11 is 0. The second kappa shape index (κ2) is 5.93. The largest absolute Gasteiger partial charge is 0.397 e. The molecule has 1 fully saturated rings. The van der Waals surface area contributed by atoms with Gasteiger partial charge < -0.3 is 21.1 Å². The quantitative estimate of drug-likeness (QED) is 0.747. The predicted molar refractivity (Wildman–Crippen MR) is 84.4 cm³/mol. The SMILES string of the molecule is CC(Nc1cc2c(cc1N)NC(=O)CC2)C1CCOCC1. The van der Waals surface area contributed by atoms with E-state index in [4.69, 9.17) is 10.5 Å². The smallest absolute Gasteiger partial charge is 0.224 e. The van der Waals surface area contributed by atoms with Gasteiger partial charge in [-0.25, -0.2) is 0 Å². The van der Waals surface area contributed by atoms with Crippen LogP contribution >= 0.6 is 0 Å². The van der Waals surface area contributed by atoms with Crippen LogP contribution < -0.4 is 16.4 Å². The lowest BCUT2D eigenvalue weighted by Crippen LogP contribution is -2.31. The molecule has 114 valence electrons. The summed E-state index contributed by atoms with van der Waals surface area (Å²) in [7, 11) is 0. The van der Waals surface area contributed by atoms with Crippen LogP contribution in [0.25, 0.3) is 0 Å². The lowest BCUT2D eigenvalue weighted by Gasteiger charge is -2.30. The Morgan fingerprint density at radius 3 is 2.86 bits per heavy atom. The van der Waals surface area contributed by atoms with Crippen molar-refractivity contribution in [2.75, 3.05) is 29.6 Å². The van der Waals surface area contributed by atoms with E-state index >= 15 is 0 Å². The van der Waals surface area contributed by atoms with Crippen LogP contribution in [0.3, 0.4) is 0 Å². The maximum atomic E-state index is 11.4. The molecule has 1 saturated heterocycles. The van der Waals surface area contributed by atoms with Gasteiger partial charge in [0.25, 0.3) is 0 Å². The number of nitrogens with one attached hydrogen (secondary N) is 2. The molecule has 4 N–H and O–H groups in total. The predicted octanol–water partition coefficient (Wildman–Crippen LogP) is 2.38. The molecule has 0 aromatic heterocycles. The van der Waals surface area contributed by atoms with E-state index in [0.29, 0.717) is 24.1 Å². The number of hydrogen-bond acceptors (Lipinski definition) is 4. The molecule has 5 heteroatoms. The van der Waals surface area contributed by atoms with Crippen molar-refractivity contribution in [1.82, 2.24) is 0 Å². The van der Waals surface area contributed by atoms with Gasteiger partial charge in [-0.1, -0.05) is 0 Å². The van der Waals surface area contributed by atoms with Crippen LogP contribution in [0.15, 0.2) is 12.1 Å². The van der Waals surface area contributed by atoms with Crippen molar-refractivity contribution in [3.63, 3.8) is 0 Å². The molecule has 5 nitrogen and oxygen atoms in total. The molecule has 0 aliphatic carbocycles. The first-order valence-electron chi connectivity index (χ1n) is 7.70. The van der Waals surface area contributed by atoms with E-state index in [1.807, 2.05) is 6.07 Å². The van der Waals surface area contributed by atoms with E-state index in [-0.39, 0.29) is 5.91 Å². The van der Waals surface area contributed by atoms with E-state index in [2.05, 4.69) is 23.6 Å². The Morgan fingerprint density at radius 1 is 1.33 bits per heavy atom. The van der Waals surface area contributed by atoms with Gasteiger partial charge in [0.2, 0.25) is 5.91 Å². The second-order valence-corrected chi connectivity index (χ2v) is 6.03. The molecule has 2 heterocycles. The molecule has 0 saturated carbocycles. The number of carbonyl (C=O) groups is 1. The minimum Gasteiger partial charge on any atom is -0.397 e. The number of fused-ring (bicyclic) bond motifs is 1. The summed E-state index contributed by atoms with van der Waals surface area (Å²) in [5.74, 6) is 0.687. The van der Waals surface area contributed by atoms with Gasteiger partial charge in [-0.3, -0.25) is 4.79 Å². The molecular weight excluding hydrogens is 266 g/mol. The Bertz CT molecular complexity index is 539. The summed E-state index contributed by atoms with van der Waals surface area (Å²) in [5.41, 5.74) is 9.81. The van der Waals surface area contributed by atoms with Crippen molar-refractivity contribution >= 4 is 23.0 Å². The number of carbonyl (C=O) groups excluding carboxylic acids is 1. The molecule has 1 aromatic carbocycles. The zero-order valence-corrected chi connectivity index (χ0v) is 12.4. The number of nitrogen functional groups attached to an aromatic ring is 1. The lowest BCUT2D eigenvalue weighted by atomic mass is 9.92. The van der Waals surface area contributed by atoms with Crippen molar-refractivity contribution in [3.8, 4) is 0 Å². The van der Waals surface area contributed by atoms with Gasteiger partial charge in [-0.2, -0.15) is 0 Å². The van der Waals surface area contributed by atoms with Crippen molar-refractivity contribution in [1.29, 1.82) is 0 Å². The highest BCUT2D eigenvalue weighted by Gasteiger charge is 2.22. The molecule has 3 rings (SSSR count). The van der Waals surface area contributed by atoms with Gasteiger partial charge in [0.1, 0.15) is 0 Å². The Morgan fingerprint density at radius 2 is 2.10 bits per heavy atom. The summed E-state index contributed by atoms with van der Waals surface area (Å²) in [6, 6.07) is 4.32. The number of hydrogen-bond donors (Lipinski definition) is 3. The Balaban J connectivity index is 1.74. The van der Waals surface area contributed by atoms with Crippen LogP contribution in [0.2, 0.25) is 0 Å². The van der Waals surface area contributed by atoms with Gasteiger partial charge in [0.05, 0.1) is 11.4 Å². The number of rotatable bonds is 3. The molecule has 21 heavy (non-hydrogen) atoms. The van der Waals surface area contributed by atoms with E-state index < -0.39 is 0 Å². The molecule has 0 bridgehead atoms. The normalized spacial score (nSPS) is 20.5. The topological polar surface area (TPSA) is 76.4 Å². The fourth-order valence-corrected chi connectivity index (χ4v) is 3.15. The van der Waals surface area contributed by atoms with E-state index in [9.17, 15) is 4.79 Å². The van der Waals surface area contributed by atoms with Gasteiger partial charge >= 0.3 is 0 Å². The molecule has 2 aliphatic heterocycles. The van der Waals surface area contributed by atoms with E-state index in [0.717, 1.165) is 49.4 Å². The summed E-state index contributed by atoms with van der Waals surface area (Å²) < 4.78 is 5.42. The van der Waals surface area contributed by atoms with Crippen molar-refractivity contribution in [2.45, 2.75) is 38.6 Å². The van der Waals surface area contributed by atoms with Crippen LogP contribution in [0.1, 0.15) is 31.7 Å². The van der Waals surface area contributed by atoms with E-state index in [1.165, 1.54) is 0 Å². The number of nitrogens with two attached hydrogens (primary N) is 1. The molecule has 1 amide bonds. The molecular formula is C16H23N3O2. The van der Waals surface area contributed by atoms with Crippen LogP contribution in [0.5, 0.6) is 0 Å². The molecule has 1 atom stereocenters. The first-order valence-corrected chi connectivity index (χ1v) is 7.70. The van der Waals surface area contributed by atoms with Crippen molar-refractivity contribution < 1.29 is 9.53 Å². The maximum absolute atomic E-state index is 11.4. The first kappa shape index (κ1) is 14.2. The minimum atomic E-state index is 0.0678. The third kappa shape index (κ3) is 3.13. The zero-order chi connectivity index (χ0) is 14.8. The third-order valence-electron chi connectivity index (χ3n) is 4.53. The fourth-order valence-electron chi connectivity index (χ4n) is 3.15. The van der Waals surface area contributed by atoms with Crippen LogP contribution in [0, 0.1) is 5.92 Å². The third-order valence-corrected chi connectivity index (χ3v) is 4.53. The average molecular weight is 289 g/mol. The van der Waals surface area contributed by atoms with Gasteiger partial charge in [-0.05, 0) is 49.8 Å². The van der Waals surface area contributed by atoms with Crippen molar-refractivity contribution in [2.24, 2.45) is 5.92 Å². The molecule has 0 radical (unpaired) electrons.